The third-order valence-electron chi connectivity index (χ3n) is 5.09. The van der Waals surface area contributed by atoms with Crippen molar-refractivity contribution in [2.24, 2.45) is 0 Å². The van der Waals surface area contributed by atoms with Crippen LogP contribution in [0.4, 0.5) is 17.1 Å². The summed E-state index contributed by atoms with van der Waals surface area (Å²) in [5, 5.41) is 14.2. The molecule has 1 fully saturated rings. The fraction of sp³-hybridized carbons (Fsp3) is 0.381. The smallest absolute Gasteiger partial charge is 0.292 e. The molecule has 1 N–H and O–H groups in total. The van der Waals surface area contributed by atoms with Gasteiger partial charge in [-0.1, -0.05) is 12.1 Å². The van der Waals surface area contributed by atoms with Gasteiger partial charge in [0.1, 0.15) is 11.4 Å². The zero-order chi connectivity index (χ0) is 20.8. The van der Waals surface area contributed by atoms with E-state index in [9.17, 15) is 14.9 Å². The van der Waals surface area contributed by atoms with E-state index in [1.54, 1.807) is 12.1 Å². The first-order chi connectivity index (χ1) is 14.0. The van der Waals surface area contributed by atoms with Crippen molar-refractivity contribution in [1.29, 1.82) is 0 Å². The molecule has 0 spiro atoms. The summed E-state index contributed by atoms with van der Waals surface area (Å²) in [5.41, 5.74) is 1.47. The molecule has 1 atom stereocenters. The first-order valence-corrected chi connectivity index (χ1v) is 9.75. The normalized spacial score (nSPS) is 15.6. The van der Waals surface area contributed by atoms with Crippen LogP contribution >= 0.6 is 0 Å². The minimum absolute atomic E-state index is 0.0756. The Morgan fingerprint density at radius 3 is 2.41 bits per heavy atom. The molecule has 0 bridgehead atoms. The lowest BCUT2D eigenvalue weighted by atomic mass is 10.1. The standard InChI is InChI=1S/C21H26N4O4/c1-3-29-18-10-8-17(9-11-18)22-21(26)16(2)23-12-14-24(15-13-23)19-6-4-5-7-20(19)25(27)28/h4-11,16H,3,12-15H2,1-2H3,(H,22,26). The Morgan fingerprint density at radius 2 is 1.79 bits per heavy atom. The Hall–Kier alpha value is -3.13. The van der Waals surface area contributed by atoms with Gasteiger partial charge in [-0.25, -0.2) is 0 Å². The highest BCUT2D eigenvalue weighted by Crippen LogP contribution is 2.28. The number of anilines is 2. The van der Waals surface area contributed by atoms with E-state index < -0.39 is 0 Å². The Labute approximate surface area is 170 Å². The fourth-order valence-electron chi connectivity index (χ4n) is 3.45. The molecule has 2 aromatic carbocycles. The summed E-state index contributed by atoms with van der Waals surface area (Å²) in [6.07, 6.45) is 0. The number of para-hydroxylation sites is 2. The topological polar surface area (TPSA) is 88.0 Å². The summed E-state index contributed by atoms with van der Waals surface area (Å²) in [6.45, 7) is 6.98. The van der Waals surface area contributed by atoms with Gasteiger partial charge in [0.15, 0.2) is 0 Å². The second kappa shape index (κ2) is 9.38. The van der Waals surface area contributed by atoms with Crippen LogP contribution in [0.3, 0.4) is 0 Å². The van der Waals surface area contributed by atoms with E-state index >= 15 is 0 Å². The maximum absolute atomic E-state index is 12.6. The average Bonchev–Trinajstić information content (AvgIpc) is 2.75. The van der Waals surface area contributed by atoms with Gasteiger partial charge in [-0.3, -0.25) is 19.8 Å². The number of hydrogen-bond donors (Lipinski definition) is 1. The van der Waals surface area contributed by atoms with Crippen molar-refractivity contribution >= 4 is 23.0 Å². The van der Waals surface area contributed by atoms with Gasteiger partial charge in [0, 0.05) is 37.9 Å². The molecule has 0 aromatic heterocycles. The van der Waals surface area contributed by atoms with Crippen molar-refractivity contribution in [3.63, 3.8) is 0 Å². The monoisotopic (exact) mass is 398 g/mol. The summed E-state index contributed by atoms with van der Waals surface area (Å²) in [4.78, 5) is 27.6. The van der Waals surface area contributed by atoms with Crippen LogP contribution in [0.2, 0.25) is 0 Å². The number of nitrogens with one attached hydrogen (secondary N) is 1. The predicted molar refractivity (Wildman–Crippen MR) is 113 cm³/mol. The first kappa shape index (κ1) is 20.6. The van der Waals surface area contributed by atoms with E-state index in [2.05, 4.69) is 10.2 Å². The zero-order valence-electron chi connectivity index (χ0n) is 16.7. The molecule has 1 unspecified atom stereocenters. The van der Waals surface area contributed by atoms with Crippen LogP contribution in [0.5, 0.6) is 5.75 Å². The van der Waals surface area contributed by atoms with Gasteiger partial charge in [0.05, 0.1) is 17.6 Å². The molecule has 1 aliphatic rings. The molecule has 154 valence electrons. The van der Waals surface area contributed by atoms with Crippen LogP contribution in [-0.2, 0) is 4.79 Å². The number of piperazine rings is 1. The predicted octanol–water partition coefficient (Wildman–Crippen LogP) is 3.14. The second-order valence-corrected chi connectivity index (χ2v) is 6.89. The highest BCUT2D eigenvalue weighted by molar-refractivity contribution is 5.94. The van der Waals surface area contributed by atoms with Gasteiger partial charge in [-0.2, -0.15) is 0 Å². The van der Waals surface area contributed by atoms with Crippen molar-refractivity contribution in [2.45, 2.75) is 19.9 Å². The summed E-state index contributed by atoms with van der Waals surface area (Å²) >= 11 is 0. The molecule has 8 heteroatoms. The Bertz CT molecular complexity index is 848. The molecular formula is C21H26N4O4. The molecule has 1 saturated heterocycles. The number of hydrogen-bond acceptors (Lipinski definition) is 6. The molecule has 29 heavy (non-hydrogen) atoms. The quantitative estimate of drug-likeness (QED) is 0.569. The van der Waals surface area contributed by atoms with E-state index in [1.165, 1.54) is 6.07 Å². The molecule has 0 saturated carbocycles. The number of ether oxygens (including phenoxy) is 1. The number of nitrogens with zero attached hydrogens (tertiary/aromatic N) is 3. The van der Waals surface area contributed by atoms with Gasteiger partial charge in [-0.15, -0.1) is 0 Å². The Kier molecular flexibility index (Phi) is 6.66. The van der Waals surface area contributed by atoms with Crippen LogP contribution in [0.1, 0.15) is 13.8 Å². The maximum Gasteiger partial charge on any atom is 0.292 e. The van der Waals surface area contributed by atoms with Crippen LogP contribution in [0.25, 0.3) is 0 Å². The van der Waals surface area contributed by atoms with Crippen molar-refractivity contribution in [3.8, 4) is 5.75 Å². The number of carbonyl (C=O) groups excluding carboxylic acids is 1. The lowest BCUT2D eigenvalue weighted by Crippen LogP contribution is -2.52. The van der Waals surface area contributed by atoms with Crippen molar-refractivity contribution < 1.29 is 14.5 Å². The lowest BCUT2D eigenvalue weighted by molar-refractivity contribution is -0.384. The van der Waals surface area contributed by atoms with Crippen LogP contribution in [-0.4, -0.2) is 54.6 Å². The van der Waals surface area contributed by atoms with Gasteiger partial charge in [0.25, 0.3) is 5.69 Å². The number of carbonyl (C=O) groups is 1. The number of rotatable bonds is 7. The van der Waals surface area contributed by atoms with Gasteiger partial charge in [-0.05, 0) is 44.2 Å². The van der Waals surface area contributed by atoms with Crippen molar-refractivity contribution in [2.75, 3.05) is 43.0 Å². The van der Waals surface area contributed by atoms with E-state index in [4.69, 9.17) is 4.74 Å². The van der Waals surface area contributed by atoms with Crippen molar-refractivity contribution in [3.05, 3.63) is 58.6 Å². The zero-order valence-corrected chi connectivity index (χ0v) is 16.7. The highest BCUT2D eigenvalue weighted by atomic mass is 16.6. The fourth-order valence-corrected chi connectivity index (χ4v) is 3.45. The third-order valence-corrected chi connectivity index (χ3v) is 5.09. The van der Waals surface area contributed by atoms with Gasteiger partial charge >= 0.3 is 0 Å². The molecule has 1 heterocycles. The summed E-state index contributed by atoms with van der Waals surface area (Å²) in [6, 6.07) is 13.8. The number of amides is 1. The summed E-state index contributed by atoms with van der Waals surface area (Å²) in [5.74, 6) is 0.693. The number of benzene rings is 2. The van der Waals surface area contributed by atoms with Gasteiger partial charge < -0.3 is 15.0 Å². The molecule has 0 aliphatic carbocycles. The summed E-state index contributed by atoms with van der Waals surface area (Å²) < 4.78 is 5.41. The Morgan fingerprint density at radius 1 is 1.14 bits per heavy atom. The van der Waals surface area contributed by atoms with Crippen molar-refractivity contribution in [1.82, 2.24) is 4.90 Å². The van der Waals surface area contributed by atoms with Crippen LogP contribution in [0, 0.1) is 10.1 Å². The molecule has 2 aromatic rings. The molecular weight excluding hydrogens is 372 g/mol. The molecule has 1 aliphatic heterocycles. The number of nitro benzene ring substituents is 1. The largest absolute Gasteiger partial charge is 0.494 e. The average molecular weight is 398 g/mol. The van der Waals surface area contributed by atoms with E-state index in [1.807, 2.05) is 49.1 Å². The molecule has 3 rings (SSSR count). The lowest BCUT2D eigenvalue weighted by Gasteiger charge is -2.38. The van der Waals surface area contributed by atoms with Gasteiger partial charge in [0.2, 0.25) is 5.91 Å². The minimum atomic E-state index is -0.353. The van der Waals surface area contributed by atoms with Crippen LogP contribution in [0.15, 0.2) is 48.5 Å². The van der Waals surface area contributed by atoms with E-state index in [-0.39, 0.29) is 22.6 Å². The molecule has 1 amide bonds. The Balaban J connectivity index is 1.56. The third kappa shape index (κ3) is 5.03. The van der Waals surface area contributed by atoms with E-state index in [0.29, 0.717) is 38.5 Å². The maximum atomic E-state index is 12.6. The molecule has 0 radical (unpaired) electrons. The second-order valence-electron chi connectivity index (χ2n) is 6.89. The first-order valence-electron chi connectivity index (χ1n) is 9.75. The molecule has 8 nitrogen and oxygen atoms in total. The number of nitro groups is 1. The summed E-state index contributed by atoms with van der Waals surface area (Å²) in [7, 11) is 0. The van der Waals surface area contributed by atoms with Crippen LogP contribution < -0.4 is 15.0 Å². The SMILES string of the molecule is CCOc1ccc(NC(=O)C(C)N2CCN(c3ccccc3[N+](=O)[O-])CC2)cc1. The minimum Gasteiger partial charge on any atom is -0.494 e. The highest BCUT2D eigenvalue weighted by Gasteiger charge is 2.28. The van der Waals surface area contributed by atoms with E-state index in [0.717, 1.165) is 11.4 Å².